The molecule has 0 saturated carbocycles. The molecule has 0 spiro atoms. The molecule has 1 atom stereocenters. The van der Waals surface area contributed by atoms with Gasteiger partial charge < -0.3 is 0 Å². The zero-order valence-electron chi connectivity index (χ0n) is 9.46. The first-order valence-corrected chi connectivity index (χ1v) is 8.29. The summed E-state index contributed by atoms with van der Waals surface area (Å²) in [7, 11) is 0. The highest BCUT2D eigenvalue weighted by Crippen LogP contribution is 2.34. The van der Waals surface area contributed by atoms with Crippen LogP contribution in [0.2, 0.25) is 0 Å². The lowest BCUT2D eigenvalue weighted by atomic mass is 10.0. The maximum Gasteiger partial charge on any atom is 0.0834 e. The van der Waals surface area contributed by atoms with E-state index < -0.39 is 0 Å². The third-order valence-corrected chi connectivity index (χ3v) is 5.97. The van der Waals surface area contributed by atoms with Gasteiger partial charge in [-0.05, 0) is 39.7 Å². The van der Waals surface area contributed by atoms with Crippen molar-refractivity contribution < 1.29 is 0 Å². The molecule has 1 rings (SSSR count). The number of thiophene rings is 1. The molecule has 3 heteroatoms. The number of hydrogen-bond acceptors (Lipinski definition) is 2. The molecule has 1 heterocycles. The predicted molar refractivity (Wildman–Crippen MR) is 76.0 cm³/mol. The summed E-state index contributed by atoms with van der Waals surface area (Å²) >= 11 is 7.37. The van der Waals surface area contributed by atoms with Crippen molar-refractivity contribution in [2.24, 2.45) is 5.92 Å². The number of unbranched alkanes of at least 4 members (excludes halogenated alkanes) is 1. The summed E-state index contributed by atoms with van der Waals surface area (Å²) < 4.78 is 1.29. The van der Waals surface area contributed by atoms with Crippen LogP contribution in [0.4, 0.5) is 0 Å². The second-order valence-electron chi connectivity index (χ2n) is 3.79. The van der Waals surface area contributed by atoms with Crippen LogP contribution in [0.15, 0.2) is 20.1 Å². The standard InChI is InChI=1S/C12H19BrS2/c1-3-5-6-10(4-2)9-15-11-7-8-14-12(11)13/h7-8,10H,3-6,9H2,1-2H3. The van der Waals surface area contributed by atoms with E-state index in [0.717, 1.165) is 5.92 Å². The predicted octanol–water partition coefficient (Wildman–Crippen LogP) is 5.82. The Hall–Kier alpha value is 0.530. The van der Waals surface area contributed by atoms with E-state index >= 15 is 0 Å². The monoisotopic (exact) mass is 306 g/mol. The van der Waals surface area contributed by atoms with Gasteiger partial charge in [-0.25, -0.2) is 0 Å². The highest BCUT2D eigenvalue weighted by Gasteiger charge is 2.08. The molecule has 0 fully saturated rings. The number of thioether (sulfide) groups is 1. The molecule has 0 nitrogen and oxygen atoms in total. The first-order chi connectivity index (χ1) is 7.27. The normalized spacial score (nSPS) is 13.0. The molecule has 0 aromatic carbocycles. The van der Waals surface area contributed by atoms with Crippen molar-refractivity contribution in [2.75, 3.05) is 5.75 Å². The van der Waals surface area contributed by atoms with Gasteiger partial charge in [-0.3, -0.25) is 0 Å². The van der Waals surface area contributed by atoms with Crippen molar-refractivity contribution in [2.45, 2.75) is 44.4 Å². The summed E-state index contributed by atoms with van der Waals surface area (Å²) in [6, 6.07) is 2.21. The minimum absolute atomic E-state index is 0.891. The highest BCUT2D eigenvalue weighted by molar-refractivity contribution is 9.11. The molecule has 0 saturated heterocycles. The van der Waals surface area contributed by atoms with Crippen molar-refractivity contribution in [1.29, 1.82) is 0 Å². The van der Waals surface area contributed by atoms with Gasteiger partial charge >= 0.3 is 0 Å². The first-order valence-electron chi connectivity index (χ1n) is 5.63. The summed E-state index contributed by atoms with van der Waals surface area (Å²) in [5.74, 6) is 2.16. The summed E-state index contributed by atoms with van der Waals surface area (Å²) in [5.41, 5.74) is 0. The van der Waals surface area contributed by atoms with E-state index in [-0.39, 0.29) is 0 Å². The molecule has 1 unspecified atom stereocenters. The Balaban J connectivity index is 2.31. The van der Waals surface area contributed by atoms with Crippen LogP contribution in [0.3, 0.4) is 0 Å². The maximum atomic E-state index is 3.59. The minimum atomic E-state index is 0.891. The Kier molecular flexibility index (Phi) is 7.02. The average Bonchev–Trinajstić information content (AvgIpc) is 2.65. The van der Waals surface area contributed by atoms with E-state index in [0.29, 0.717) is 0 Å². The molecule has 0 aliphatic heterocycles. The Morgan fingerprint density at radius 1 is 1.47 bits per heavy atom. The lowest BCUT2D eigenvalue weighted by Crippen LogP contribution is -2.01. The van der Waals surface area contributed by atoms with Crippen molar-refractivity contribution >= 4 is 39.0 Å². The number of halogens is 1. The summed E-state index contributed by atoms with van der Waals surface area (Å²) in [6.45, 7) is 4.58. The van der Waals surface area contributed by atoms with Crippen LogP contribution in [0.25, 0.3) is 0 Å². The number of rotatable bonds is 7. The lowest BCUT2D eigenvalue weighted by Gasteiger charge is -2.13. The fraction of sp³-hybridized carbons (Fsp3) is 0.667. The van der Waals surface area contributed by atoms with E-state index in [4.69, 9.17) is 0 Å². The van der Waals surface area contributed by atoms with Gasteiger partial charge in [0.25, 0.3) is 0 Å². The summed E-state index contributed by atoms with van der Waals surface area (Å²) in [4.78, 5) is 1.41. The minimum Gasteiger partial charge on any atom is -0.136 e. The molecule has 15 heavy (non-hydrogen) atoms. The molecule has 0 amide bonds. The average molecular weight is 307 g/mol. The SMILES string of the molecule is CCCCC(CC)CSc1ccsc1Br. The fourth-order valence-corrected chi connectivity index (χ4v) is 4.30. The molecule has 86 valence electrons. The smallest absolute Gasteiger partial charge is 0.0834 e. The van der Waals surface area contributed by atoms with Gasteiger partial charge in [-0.1, -0.05) is 33.1 Å². The van der Waals surface area contributed by atoms with Crippen LogP contribution in [0, 0.1) is 5.92 Å². The molecule has 0 radical (unpaired) electrons. The van der Waals surface area contributed by atoms with E-state index in [1.807, 2.05) is 11.8 Å². The zero-order valence-corrected chi connectivity index (χ0v) is 12.7. The van der Waals surface area contributed by atoms with Gasteiger partial charge in [-0.15, -0.1) is 23.1 Å². The Morgan fingerprint density at radius 3 is 2.80 bits per heavy atom. The van der Waals surface area contributed by atoms with Gasteiger partial charge in [0.2, 0.25) is 0 Å². The van der Waals surface area contributed by atoms with Gasteiger partial charge in [-0.2, -0.15) is 0 Å². The Bertz CT molecular complexity index is 270. The summed E-state index contributed by atoms with van der Waals surface area (Å²) in [5, 5.41) is 2.15. The van der Waals surface area contributed by atoms with Crippen LogP contribution in [-0.2, 0) is 0 Å². The van der Waals surface area contributed by atoms with Crippen LogP contribution in [0.1, 0.15) is 39.5 Å². The maximum absolute atomic E-state index is 3.59. The van der Waals surface area contributed by atoms with Gasteiger partial charge in [0.15, 0.2) is 0 Å². The third-order valence-electron chi connectivity index (χ3n) is 2.60. The van der Waals surface area contributed by atoms with E-state index in [1.165, 1.54) is 40.1 Å². The zero-order chi connectivity index (χ0) is 11.1. The van der Waals surface area contributed by atoms with Crippen LogP contribution < -0.4 is 0 Å². The van der Waals surface area contributed by atoms with E-state index in [1.54, 1.807) is 11.3 Å². The quantitative estimate of drug-likeness (QED) is 0.572. The molecular formula is C12H19BrS2. The van der Waals surface area contributed by atoms with Crippen LogP contribution >= 0.6 is 39.0 Å². The molecule has 0 bridgehead atoms. The largest absolute Gasteiger partial charge is 0.136 e. The van der Waals surface area contributed by atoms with Crippen molar-refractivity contribution in [1.82, 2.24) is 0 Å². The van der Waals surface area contributed by atoms with Crippen molar-refractivity contribution in [3.63, 3.8) is 0 Å². The first kappa shape index (κ1) is 13.6. The van der Waals surface area contributed by atoms with E-state index in [9.17, 15) is 0 Å². The second kappa shape index (κ2) is 7.75. The molecular weight excluding hydrogens is 288 g/mol. The van der Waals surface area contributed by atoms with Crippen molar-refractivity contribution in [3.05, 3.63) is 15.2 Å². The van der Waals surface area contributed by atoms with Crippen molar-refractivity contribution in [3.8, 4) is 0 Å². The van der Waals surface area contributed by atoms with Crippen LogP contribution in [0.5, 0.6) is 0 Å². The molecule has 0 aliphatic rings. The van der Waals surface area contributed by atoms with Gasteiger partial charge in [0.1, 0.15) is 0 Å². The second-order valence-corrected chi connectivity index (χ2v) is 7.08. The Morgan fingerprint density at radius 2 is 2.27 bits per heavy atom. The van der Waals surface area contributed by atoms with Gasteiger partial charge in [0.05, 0.1) is 3.79 Å². The third kappa shape index (κ3) is 4.92. The lowest BCUT2D eigenvalue weighted by molar-refractivity contribution is 0.499. The molecule has 0 aliphatic carbocycles. The molecule has 0 N–H and O–H groups in total. The van der Waals surface area contributed by atoms with Crippen LogP contribution in [-0.4, -0.2) is 5.75 Å². The summed E-state index contributed by atoms with van der Waals surface area (Å²) in [6.07, 6.45) is 5.41. The molecule has 1 aromatic heterocycles. The fourth-order valence-electron chi connectivity index (χ4n) is 1.49. The highest BCUT2D eigenvalue weighted by atomic mass is 79.9. The number of hydrogen-bond donors (Lipinski definition) is 0. The van der Waals surface area contributed by atoms with E-state index in [2.05, 4.69) is 41.2 Å². The Labute approximate surface area is 110 Å². The molecule has 1 aromatic rings. The topological polar surface area (TPSA) is 0 Å². The van der Waals surface area contributed by atoms with Gasteiger partial charge in [0, 0.05) is 10.6 Å².